The Morgan fingerprint density at radius 1 is 1.38 bits per heavy atom. The van der Waals surface area contributed by atoms with Crippen LogP contribution >= 0.6 is 23.4 Å². The molecule has 26 heavy (non-hydrogen) atoms. The van der Waals surface area contributed by atoms with E-state index in [-0.39, 0.29) is 11.4 Å². The van der Waals surface area contributed by atoms with Crippen LogP contribution in [0.2, 0.25) is 5.02 Å². The molecule has 0 spiro atoms. The molecule has 8 heteroatoms. The van der Waals surface area contributed by atoms with Crippen LogP contribution in [0.3, 0.4) is 0 Å². The molecule has 134 valence electrons. The first-order valence-corrected chi connectivity index (χ1v) is 9.99. The molecule has 2 aliphatic heterocycles. The molecular weight excluding hydrogens is 372 g/mol. The molecule has 6 nitrogen and oxygen atoms in total. The molecule has 0 saturated heterocycles. The summed E-state index contributed by atoms with van der Waals surface area (Å²) >= 11 is 7.68. The molecule has 1 atom stereocenters. The molecular formula is C18H17ClN4O2S. The number of benzene rings is 1. The Morgan fingerprint density at radius 3 is 3.15 bits per heavy atom. The van der Waals surface area contributed by atoms with E-state index in [1.54, 1.807) is 4.57 Å². The first kappa shape index (κ1) is 16.2. The van der Waals surface area contributed by atoms with E-state index in [1.807, 2.05) is 18.2 Å². The van der Waals surface area contributed by atoms with Gasteiger partial charge in [-0.05, 0) is 36.6 Å². The van der Waals surface area contributed by atoms with Gasteiger partial charge in [-0.25, -0.2) is 0 Å². The Morgan fingerprint density at radius 2 is 2.27 bits per heavy atom. The smallest absolute Gasteiger partial charge is 0.263 e. The van der Waals surface area contributed by atoms with Gasteiger partial charge >= 0.3 is 0 Å². The summed E-state index contributed by atoms with van der Waals surface area (Å²) < 4.78 is 1.68. The monoisotopic (exact) mass is 388 g/mol. The molecule has 0 bridgehead atoms. The second-order valence-electron chi connectivity index (χ2n) is 6.63. The van der Waals surface area contributed by atoms with Crippen LogP contribution in [0.4, 0.5) is 0 Å². The number of nitrogens with zero attached hydrogens (tertiary/aromatic N) is 2. The van der Waals surface area contributed by atoms with E-state index >= 15 is 0 Å². The summed E-state index contributed by atoms with van der Waals surface area (Å²) in [6.07, 6.45) is 1.76. The molecule has 0 fully saturated rings. The van der Waals surface area contributed by atoms with Crippen LogP contribution in [0.25, 0.3) is 10.9 Å². The third-order valence-electron chi connectivity index (χ3n) is 5.11. The van der Waals surface area contributed by atoms with Gasteiger partial charge in [0.15, 0.2) is 5.16 Å². The van der Waals surface area contributed by atoms with Crippen molar-refractivity contribution >= 4 is 34.3 Å². The third kappa shape index (κ3) is 2.38. The van der Waals surface area contributed by atoms with Crippen LogP contribution < -0.4 is 10.9 Å². The van der Waals surface area contributed by atoms with E-state index in [9.17, 15) is 9.90 Å². The van der Waals surface area contributed by atoms with Gasteiger partial charge in [0, 0.05) is 40.5 Å². The van der Waals surface area contributed by atoms with Gasteiger partial charge in [0.1, 0.15) is 5.56 Å². The average Bonchev–Trinajstić information content (AvgIpc) is 3.00. The average molecular weight is 389 g/mol. The lowest BCUT2D eigenvalue weighted by atomic mass is 9.95. The van der Waals surface area contributed by atoms with Gasteiger partial charge in [-0.3, -0.25) is 9.36 Å². The minimum atomic E-state index is -0.408. The number of hydrogen-bond acceptors (Lipinski definition) is 5. The number of aromatic hydroxyl groups is 1. The Labute approximate surface area is 158 Å². The fraction of sp³-hybridized carbons (Fsp3) is 0.333. The van der Waals surface area contributed by atoms with E-state index in [2.05, 4.69) is 15.3 Å². The minimum Gasteiger partial charge on any atom is -0.493 e. The quantitative estimate of drug-likeness (QED) is 0.558. The Hall–Kier alpha value is -1.96. The predicted octanol–water partition coefficient (Wildman–Crippen LogP) is 2.81. The highest BCUT2D eigenvalue weighted by Gasteiger charge is 2.32. The second kappa shape index (κ2) is 6.04. The van der Waals surface area contributed by atoms with Gasteiger partial charge < -0.3 is 15.4 Å². The van der Waals surface area contributed by atoms with E-state index in [0.717, 1.165) is 40.8 Å². The highest BCUT2D eigenvalue weighted by molar-refractivity contribution is 7.99. The zero-order valence-electron chi connectivity index (χ0n) is 13.9. The summed E-state index contributed by atoms with van der Waals surface area (Å²) in [6, 6.07) is 5.33. The third-order valence-corrected chi connectivity index (χ3v) is 6.41. The van der Waals surface area contributed by atoms with Crippen molar-refractivity contribution in [1.82, 2.24) is 19.9 Å². The summed E-state index contributed by atoms with van der Waals surface area (Å²) in [5, 5.41) is 16.3. The number of H-pyrrole nitrogens is 1. The van der Waals surface area contributed by atoms with E-state index in [4.69, 9.17) is 11.6 Å². The van der Waals surface area contributed by atoms with Crippen molar-refractivity contribution in [3.05, 3.63) is 50.4 Å². The van der Waals surface area contributed by atoms with Crippen LogP contribution in [0.1, 0.15) is 29.3 Å². The fourth-order valence-electron chi connectivity index (χ4n) is 3.93. The van der Waals surface area contributed by atoms with Crippen LogP contribution in [0.15, 0.2) is 28.2 Å². The number of halogens is 1. The van der Waals surface area contributed by atoms with Crippen molar-refractivity contribution in [3.63, 3.8) is 0 Å². The highest BCUT2D eigenvalue weighted by atomic mass is 35.5. The summed E-state index contributed by atoms with van der Waals surface area (Å²) in [5.74, 6) is 0.734. The maximum atomic E-state index is 13.1. The molecule has 1 unspecified atom stereocenters. The van der Waals surface area contributed by atoms with Crippen LogP contribution in [-0.4, -0.2) is 31.9 Å². The number of fused-ring (bicyclic) bond motifs is 4. The van der Waals surface area contributed by atoms with Gasteiger partial charge in [-0.15, -0.1) is 0 Å². The van der Waals surface area contributed by atoms with Crippen LogP contribution in [0.5, 0.6) is 5.88 Å². The maximum absolute atomic E-state index is 13.1. The Kier molecular flexibility index (Phi) is 3.77. The molecule has 5 rings (SSSR count). The fourth-order valence-corrected chi connectivity index (χ4v) is 5.04. The molecule has 0 aliphatic carbocycles. The molecule has 1 aromatic carbocycles. The van der Waals surface area contributed by atoms with Crippen molar-refractivity contribution in [2.24, 2.45) is 0 Å². The van der Waals surface area contributed by atoms with Crippen molar-refractivity contribution < 1.29 is 5.11 Å². The second-order valence-corrected chi connectivity index (χ2v) is 8.13. The molecule has 3 N–H and O–H groups in total. The lowest BCUT2D eigenvalue weighted by Crippen LogP contribution is -2.37. The number of aromatic nitrogens is 3. The SMILES string of the molecule is O=c1c(C2NCCc3c2[nH]c2ccc(Cl)cc32)c(O)nc2n1CCCS2. The van der Waals surface area contributed by atoms with E-state index < -0.39 is 6.04 Å². The van der Waals surface area contributed by atoms with Gasteiger partial charge in [0.05, 0.1) is 6.04 Å². The van der Waals surface area contributed by atoms with Crippen LogP contribution in [0, 0.1) is 0 Å². The standard InChI is InChI=1S/C18H17ClN4O2S/c19-9-2-3-12-11(8-9)10-4-5-20-15(14(10)21-12)13-16(24)22-18-23(17(13)25)6-1-7-26-18/h2-3,8,15,20-21,24H,1,4-7H2. The molecule has 3 aromatic rings. The van der Waals surface area contributed by atoms with Gasteiger partial charge in [0.2, 0.25) is 5.88 Å². The lowest BCUT2D eigenvalue weighted by Gasteiger charge is -2.26. The van der Waals surface area contributed by atoms with E-state index in [1.165, 1.54) is 11.8 Å². The highest BCUT2D eigenvalue weighted by Crippen LogP contribution is 2.36. The number of rotatable bonds is 1. The summed E-state index contributed by atoms with van der Waals surface area (Å²) in [5.41, 5.74) is 3.18. The summed E-state index contributed by atoms with van der Waals surface area (Å²) in [6.45, 7) is 1.36. The maximum Gasteiger partial charge on any atom is 0.263 e. The van der Waals surface area contributed by atoms with Crippen LogP contribution in [-0.2, 0) is 13.0 Å². The number of hydrogen-bond donors (Lipinski definition) is 3. The predicted molar refractivity (Wildman–Crippen MR) is 102 cm³/mol. The van der Waals surface area contributed by atoms with Crippen molar-refractivity contribution in [2.45, 2.75) is 30.6 Å². The molecule has 2 aromatic heterocycles. The number of aromatic amines is 1. The molecule has 0 amide bonds. The van der Waals surface area contributed by atoms with Gasteiger partial charge in [-0.1, -0.05) is 23.4 Å². The Bertz CT molecular complexity index is 1090. The van der Waals surface area contributed by atoms with Gasteiger partial charge in [-0.2, -0.15) is 4.98 Å². The van der Waals surface area contributed by atoms with Crippen molar-refractivity contribution in [3.8, 4) is 5.88 Å². The lowest BCUT2D eigenvalue weighted by molar-refractivity contribution is 0.405. The Balaban J connectivity index is 1.72. The number of nitrogens with one attached hydrogen (secondary N) is 2. The van der Waals surface area contributed by atoms with Crippen molar-refractivity contribution in [2.75, 3.05) is 12.3 Å². The molecule has 0 saturated carbocycles. The zero-order valence-corrected chi connectivity index (χ0v) is 15.5. The minimum absolute atomic E-state index is 0.165. The molecule has 2 aliphatic rings. The summed E-state index contributed by atoms with van der Waals surface area (Å²) in [4.78, 5) is 20.8. The van der Waals surface area contributed by atoms with Crippen molar-refractivity contribution in [1.29, 1.82) is 0 Å². The molecule has 0 radical (unpaired) electrons. The first-order chi connectivity index (χ1) is 12.6. The number of thioether (sulfide) groups is 1. The first-order valence-electron chi connectivity index (χ1n) is 8.63. The summed E-state index contributed by atoms with van der Waals surface area (Å²) in [7, 11) is 0. The molecule has 4 heterocycles. The normalized spacial score (nSPS) is 19.3. The topological polar surface area (TPSA) is 82.9 Å². The largest absolute Gasteiger partial charge is 0.493 e. The van der Waals surface area contributed by atoms with Gasteiger partial charge in [0.25, 0.3) is 5.56 Å². The zero-order chi connectivity index (χ0) is 17.8. The van der Waals surface area contributed by atoms with E-state index in [0.29, 0.717) is 28.8 Å².